The van der Waals surface area contributed by atoms with Gasteiger partial charge in [0.15, 0.2) is 35.5 Å². The molecule has 1 aliphatic heterocycles. The van der Waals surface area contributed by atoms with Gasteiger partial charge in [0.2, 0.25) is 6.29 Å². The molecule has 0 bridgehead atoms. The van der Waals surface area contributed by atoms with E-state index < -0.39 is 17.9 Å². The molecule has 0 aliphatic carbocycles. The fraction of sp³-hybridized carbons (Fsp3) is 0.235. The van der Waals surface area contributed by atoms with E-state index in [0.29, 0.717) is 17.1 Å². The number of carbonyl (C=O) groups excluding carboxylic acids is 2. The molecule has 1 aromatic heterocycles. The number of ether oxygens (including phenoxy) is 2. The van der Waals surface area contributed by atoms with Crippen molar-refractivity contribution < 1.29 is 28.6 Å². The monoisotopic (exact) mass is 331 g/mol. The van der Waals surface area contributed by atoms with E-state index in [0.717, 1.165) is 6.07 Å². The first kappa shape index (κ1) is 16.1. The summed E-state index contributed by atoms with van der Waals surface area (Å²) in [6, 6.07) is 7.08. The summed E-state index contributed by atoms with van der Waals surface area (Å²) in [6.07, 6.45) is 0.0784. The van der Waals surface area contributed by atoms with Gasteiger partial charge in [0.05, 0.1) is 0 Å². The molecule has 124 valence electrons. The molecule has 24 heavy (non-hydrogen) atoms. The molecule has 0 radical (unpaired) electrons. The fourth-order valence-electron chi connectivity index (χ4n) is 2.31. The first-order chi connectivity index (χ1) is 11.5. The Kier molecular flexibility index (Phi) is 4.52. The topological polar surface area (TPSA) is 85.7 Å². The lowest BCUT2D eigenvalue weighted by atomic mass is 10.0. The Morgan fingerprint density at radius 1 is 1.21 bits per heavy atom. The van der Waals surface area contributed by atoms with E-state index in [9.17, 15) is 19.1 Å². The van der Waals surface area contributed by atoms with E-state index in [-0.39, 0.29) is 30.9 Å². The Labute approximate surface area is 136 Å². The van der Waals surface area contributed by atoms with Gasteiger partial charge in [0.25, 0.3) is 0 Å². The van der Waals surface area contributed by atoms with Gasteiger partial charge < -0.3 is 14.6 Å². The fourth-order valence-corrected chi connectivity index (χ4v) is 2.31. The van der Waals surface area contributed by atoms with Crippen molar-refractivity contribution in [3.8, 4) is 11.5 Å². The molecule has 0 saturated carbocycles. The van der Waals surface area contributed by atoms with Gasteiger partial charge in [-0.1, -0.05) is 0 Å². The lowest BCUT2D eigenvalue weighted by Crippen LogP contribution is -2.28. The molecule has 0 fully saturated rings. The summed E-state index contributed by atoms with van der Waals surface area (Å²) in [5, 5.41) is 9.32. The van der Waals surface area contributed by atoms with Gasteiger partial charge in [-0.15, -0.1) is 0 Å². The van der Waals surface area contributed by atoms with Crippen molar-refractivity contribution in [1.29, 1.82) is 0 Å². The molecule has 1 N–H and O–H groups in total. The van der Waals surface area contributed by atoms with E-state index in [2.05, 4.69) is 4.98 Å². The molecule has 0 amide bonds. The van der Waals surface area contributed by atoms with Crippen LogP contribution in [-0.2, 0) is 0 Å². The molecule has 2 aromatic rings. The van der Waals surface area contributed by atoms with Gasteiger partial charge in [-0.25, -0.2) is 4.39 Å². The third-order valence-corrected chi connectivity index (χ3v) is 3.51. The Bertz CT molecular complexity index is 792. The normalized spacial score (nSPS) is 15.8. The summed E-state index contributed by atoms with van der Waals surface area (Å²) < 4.78 is 23.9. The number of nitrogens with zero attached hydrogens (tertiary/aromatic N) is 1. The van der Waals surface area contributed by atoms with Crippen LogP contribution in [0.25, 0.3) is 0 Å². The quantitative estimate of drug-likeness (QED) is 0.845. The molecule has 0 saturated heterocycles. The summed E-state index contributed by atoms with van der Waals surface area (Å²) >= 11 is 0. The summed E-state index contributed by atoms with van der Waals surface area (Å²) in [5.74, 6) is -0.808. The van der Waals surface area contributed by atoms with Crippen LogP contribution in [0, 0.1) is 5.82 Å². The third kappa shape index (κ3) is 3.41. The molecular formula is C17H14FNO5. The number of rotatable bonds is 5. The lowest BCUT2D eigenvalue weighted by Gasteiger charge is -2.22. The summed E-state index contributed by atoms with van der Waals surface area (Å²) in [6.45, 7) is -0.0257. The summed E-state index contributed by atoms with van der Waals surface area (Å²) in [7, 11) is 0. The van der Waals surface area contributed by atoms with Crippen molar-refractivity contribution in [3.05, 3.63) is 53.6 Å². The van der Waals surface area contributed by atoms with E-state index in [1.165, 1.54) is 30.5 Å². The molecule has 1 atom stereocenters. The van der Waals surface area contributed by atoms with Crippen LogP contribution in [-0.4, -0.2) is 34.6 Å². The predicted molar refractivity (Wildman–Crippen MR) is 80.7 cm³/mol. The predicted octanol–water partition coefficient (Wildman–Crippen LogP) is 2.16. The minimum atomic E-state index is -1.04. The van der Waals surface area contributed by atoms with Crippen LogP contribution in [0.2, 0.25) is 0 Å². The number of benzene rings is 1. The van der Waals surface area contributed by atoms with Gasteiger partial charge in [-0.05, 0) is 30.3 Å². The van der Waals surface area contributed by atoms with Crippen LogP contribution < -0.4 is 9.47 Å². The highest BCUT2D eigenvalue weighted by molar-refractivity contribution is 6.01. The molecule has 0 spiro atoms. The average molecular weight is 331 g/mol. The van der Waals surface area contributed by atoms with Crippen LogP contribution in [0.3, 0.4) is 0 Å². The third-order valence-electron chi connectivity index (χ3n) is 3.51. The van der Waals surface area contributed by atoms with Crippen LogP contribution >= 0.6 is 0 Å². The van der Waals surface area contributed by atoms with E-state index >= 15 is 0 Å². The molecular weight excluding hydrogens is 317 g/mol. The van der Waals surface area contributed by atoms with E-state index in [4.69, 9.17) is 9.47 Å². The zero-order chi connectivity index (χ0) is 17.1. The number of pyridine rings is 1. The molecule has 1 aromatic carbocycles. The second-order valence-electron chi connectivity index (χ2n) is 5.23. The lowest BCUT2D eigenvalue weighted by molar-refractivity contribution is -0.0670. The largest absolute Gasteiger partial charge is 0.483 e. The maximum Gasteiger partial charge on any atom is 0.232 e. The van der Waals surface area contributed by atoms with Gasteiger partial charge in [-0.2, -0.15) is 0 Å². The van der Waals surface area contributed by atoms with Crippen molar-refractivity contribution in [2.45, 2.75) is 19.1 Å². The maximum absolute atomic E-state index is 13.5. The van der Waals surface area contributed by atoms with Gasteiger partial charge in [0.1, 0.15) is 5.69 Å². The van der Waals surface area contributed by atoms with Gasteiger partial charge in [-0.3, -0.25) is 14.6 Å². The van der Waals surface area contributed by atoms with Crippen molar-refractivity contribution >= 4 is 11.6 Å². The second kappa shape index (κ2) is 6.76. The van der Waals surface area contributed by atoms with Crippen LogP contribution in [0.5, 0.6) is 11.5 Å². The van der Waals surface area contributed by atoms with Crippen molar-refractivity contribution in [3.63, 3.8) is 0 Å². The number of halogens is 1. The van der Waals surface area contributed by atoms with Crippen LogP contribution in [0.4, 0.5) is 4.39 Å². The number of Topliss-reactive ketones (excluding diaryl/α,β-unsaturated/α-hetero) is 2. The molecule has 1 aliphatic rings. The zero-order valence-electron chi connectivity index (χ0n) is 12.6. The highest BCUT2D eigenvalue weighted by Crippen LogP contribution is 2.32. The van der Waals surface area contributed by atoms with Crippen LogP contribution in [0.1, 0.15) is 33.7 Å². The average Bonchev–Trinajstić information content (AvgIpc) is 2.59. The van der Waals surface area contributed by atoms with Gasteiger partial charge in [0, 0.05) is 24.6 Å². The number of fused-ring (bicyclic) bond motifs is 1. The first-order valence-electron chi connectivity index (χ1n) is 7.33. The number of aliphatic hydroxyl groups excluding tert-OH is 1. The number of hydrogen-bond acceptors (Lipinski definition) is 6. The molecule has 2 heterocycles. The summed E-state index contributed by atoms with van der Waals surface area (Å²) in [4.78, 5) is 27.8. The summed E-state index contributed by atoms with van der Waals surface area (Å²) in [5.41, 5.74) is 0.0875. The molecule has 1 unspecified atom stereocenters. The number of aromatic nitrogens is 1. The smallest absolute Gasteiger partial charge is 0.232 e. The number of aliphatic hydroxyl groups is 1. The number of hydrogen-bond donors (Lipinski definition) is 1. The van der Waals surface area contributed by atoms with Gasteiger partial charge >= 0.3 is 0 Å². The second-order valence-corrected chi connectivity index (χ2v) is 5.23. The Morgan fingerprint density at radius 2 is 2.00 bits per heavy atom. The highest BCUT2D eigenvalue weighted by atomic mass is 19.1. The minimum absolute atomic E-state index is 0.0257. The maximum atomic E-state index is 13.5. The Balaban J connectivity index is 1.65. The number of carbonyl (C=O) groups is 2. The van der Waals surface area contributed by atoms with E-state index in [1.54, 1.807) is 0 Å². The number of ketones is 2. The van der Waals surface area contributed by atoms with Crippen LogP contribution in [0.15, 0.2) is 36.5 Å². The Hall–Kier alpha value is -2.80. The Morgan fingerprint density at radius 3 is 2.79 bits per heavy atom. The van der Waals surface area contributed by atoms with Crippen molar-refractivity contribution in [2.75, 3.05) is 6.61 Å². The SMILES string of the molecule is O=C(CCC(=O)c1ncccc1F)c1ccc2c(c1)OCC(O)O2. The standard InChI is InChI=1S/C17H14FNO5/c18-11-2-1-7-19-17(11)13(21)5-4-12(20)10-3-6-14-15(8-10)23-9-16(22)24-14/h1-3,6-8,16,22H,4-5,9H2. The minimum Gasteiger partial charge on any atom is -0.483 e. The highest BCUT2D eigenvalue weighted by Gasteiger charge is 2.21. The zero-order valence-corrected chi connectivity index (χ0v) is 12.6. The molecule has 6 nitrogen and oxygen atoms in total. The first-order valence-corrected chi connectivity index (χ1v) is 7.33. The van der Waals surface area contributed by atoms with Crippen molar-refractivity contribution in [2.24, 2.45) is 0 Å². The van der Waals surface area contributed by atoms with Crippen molar-refractivity contribution in [1.82, 2.24) is 4.98 Å². The van der Waals surface area contributed by atoms with E-state index in [1.807, 2.05) is 0 Å². The molecule has 7 heteroatoms. The molecule has 3 rings (SSSR count).